The van der Waals surface area contributed by atoms with Crippen molar-refractivity contribution in [1.82, 2.24) is 9.80 Å². The van der Waals surface area contributed by atoms with E-state index < -0.39 is 0 Å². The second kappa shape index (κ2) is 11.9. The number of piperazine rings is 1. The first-order valence-corrected chi connectivity index (χ1v) is 11.2. The van der Waals surface area contributed by atoms with Crippen LogP contribution in [0.15, 0.2) is 36.4 Å². The van der Waals surface area contributed by atoms with Crippen molar-refractivity contribution >= 4 is 0 Å². The van der Waals surface area contributed by atoms with Gasteiger partial charge in [0.1, 0.15) is 11.5 Å². The zero-order valence-corrected chi connectivity index (χ0v) is 19.7. The van der Waals surface area contributed by atoms with Gasteiger partial charge in [-0.15, -0.1) is 0 Å². The largest absolute Gasteiger partial charge is 0.497 e. The quantitative estimate of drug-likeness (QED) is 0.571. The molecular formula is C25H36N2O5. The lowest BCUT2D eigenvalue weighted by Gasteiger charge is -2.41. The average Bonchev–Trinajstić information content (AvgIpc) is 2.81. The molecule has 1 aliphatic heterocycles. The molecule has 1 heterocycles. The van der Waals surface area contributed by atoms with Crippen LogP contribution in [0.5, 0.6) is 23.0 Å². The van der Waals surface area contributed by atoms with Gasteiger partial charge < -0.3 is 24.1 Å². The van der Waals surface area contributed by atoms with Crippen molar-refractivity contribution < 1.29 is 24.1 Å². The minimum absolute atomic E-state index is 0.174. The van der Waals surface area contributed by atoms with Crippen molar-refractivity contribution in [1.29, 1.82) is 0 Å². The number of hydrogen-bond donors (Lipinski definition) is 1. The van der Waals surface area contributed by atoms with E-state index >= 15 is 0 Å². The van der Waals surface area contributed by atoms with Gasteiger partial charge in [-0.25, -0.2) is 0 Å². The summed E-state index contributed by atoms with van der Waals surface area (Å²) in [5, 5.41) is 9.68. The second-order valence-corrected chi connectivity index (χ2v) is 8.01. The second-order valence-electron chi connectivity index (χ2n) is 8.01. The van der Waals surface area contributed by atoms with E-state index in [1.54, 1.807) is 21.3 Å². The molecular weight excluding hydrogens is 408 g/mol. The summed E-state index contributed by atoms with van der Waals surface area (Å²) in [6.45, 7) is 7.17. The maximum Gasteiger partial charge on any atom is 0.161 e. The molecule has 0 spiro atoms. The fourth-order valence-corrected chi connectivity index (χ4v) is 4.27. The number of methoxy groups -OCH3 is 3. The highest BCUT2D eigenvalue weighted by atomic mass is 16.5. The Labute approximate surface area is 191 Å². The number of nitrogens with zero attached hydrogens (tertiary/aromatic N) is 2. The number of aliphatic hydroxyl groups excluding tert-OH is 1. The number of benzene rings is 2. The predicted molar refractivity (Wildman–Crippen MR) is 125 cm³/mol. The lowest BCUT2D eigenvalue weighted by atomic mass is 10.1. The smallest absolute Gasteiger partial charge is 0.161 e. The number of aliphatic hydroxyl groups is 1. The summed E-state index contributed by atoms with van der Waals surface area (Å²) in [6, 6.07) is 12.4. The molecule has 1 N–H and O–H groups in total. The van der Waals surface area contributed by atoms with E-state index in [9.17, 15) is 5.11 Å². The molecule has 1 aliphatic rings. The summed E-state index contributed by atoms with van der Waals surface area (Å²) >= 11 is 0. The average molecular weight is 445 g/mol. The van der Waals surface area contributed by atoms with Crippen LogP contribution in [-0.2, 0) is 13.1 Å². The molecule has 32 heavy (non-hydrogen) atoms. The van der Waals surface area contributed by atoms with Crippen LogP contribution in [0, 0.1) is 0 Å². The van der Waals surface area contributed by atoms with Gasteiger partial charge in [-0.2, -0.15) is 0 Å². The Bertz CT molecular complexity index is 838. The van der Waals surface area contributed by atoms with Gasteiger partial charge in [0.2, 0.25) is 0 Å². The Balaban J connectivity index is 1.68. The minimum atomic E-state index is 0.174. The van der Waals surface area contributed by atoms with E-state index in [1.807, 2.05) is 19.1 Å². The van der Waals surface area contributed by atoms with Crippen LogP contribution in [0.25, 0.3) is 0 Å². The summed E-state index contributed by atoms with van der Waals surface area (Å²) in [6.07, 6.45) is 0.740. The van der Waals surface area contributed by atoms with Gasteiger partial charge >= 0.3 is 0 Å². The zero-order chi connectivity index (χ0) is 22.9. The van der Waals surface area contributed by atoms with Gasteiger partial charge in [-0.05, 0) is 48.7 Å². The molecule has 0 aromatic heterocycles. The Morgan fingerprint density at radius 2 is 1.62 bits per heavy atom. The first kappa shape index (κ1) is 24.2. The van der Waals surface area contributed by atoms with Crippen LogP contribution >= 0.6 is 0 Å². The van der Waals surface area contributed by atoms with Gasteiger partial charge in [0.05, 0.1) is 27.9 Å². The van der Waals surface area contributed by atoms with Gasteiger partial charge in [0.25, 0.3) is 0 Å². The molecule has 0 aliphatic carbocycles. The molecule has 7 heteroatoms. The van der Waals surface area contributed by atoms with Gasteiger partial charge in [-0.3, -0.25) is 9.80 Å². The van der Waals surface area contributed by atoms with Crippen LogP contribution in [0.2, 0.25) is 0 Å². The molecule has 2 aromatic carbocycles. The third-order valence-electron chi connectivity index (χ3n) is 5.88. The SMILES string of the molecule is CCOc1cc(CN2CCN(Cc3cc(OC)cc(OC)c3)C(CCO)C2)ccc1OC. The molecule has 0 amide bonds. The van der Waals surface area contributed by atoms with Gasteiger partial charge in [-0.1, -0.05) is 6.07 Å². The molecule has 1 atom stereocenters. The normalized spacial score (nSPS) is 17.2. The Hall–Kier alpha value is -2.48. The first-order chi connectivity index (χ1) is 15.6. The first-order valence-electron chi connectivity index (χ1n) is 11.2. The summed E-state index contributed by atoms with van der Waals surface area (Å²) in [4.78, 5) is 4.89. The topological polar surface area (TPSA) is 63.6 Å². The Morgan fingerprint density at radius 1 is 0.875 bits per heavy atom. The summed E-state index contributed by atoms with van der Waals surface area (Å²) in [5.41, 5.74) is 2.34. The molecule has 1 unspecified atom stereocenters. The summed E-state index contributed by atoms with van der Waals surface area (Å²) < 4.78 is 22.0. The van der Waals surface area contributed by atoms with Gasteiger partial charge in [0, 0.05) is 51.4 Å². The highest BCUT2D eigenvalue weighted by molar-refractivity contribution is 5.43. The van der Waals surface area contributed by atoms with Crippen LogP contribution in [0.3, 0.4) is 0 Å². The van der Waals surface area contributed by atoms with Crippen molar-refractivity contribution in [3.8, 4) is 23.0 Å². The van der Waals surface area contributed by atoms with E-state index in [2.05, 4.69) is 34.1 Å². The third-order valence-corrected chi connectivity index (χ3v) is 5.88. The third kappa shape index (κ3) is 6.28. The molecule has 0 radical (unpaired) electrons. The number of rotatable bonds is 11. The fourth-order valence-electron chi connectivity index (χ4n) is 4.27. The standard InChI is InChI=1S/C25H36N2O5/c1-5-32-25-14-19(6-7-24(25)31-4)16-26-9-10-27(21(18-26)8-11-28)17-20-12-22(29-2)15-23(13-20)30-3/h6-7,12-15,21,28H,5,8-11,16-18H2,1-4H3. The van der Waals surface area contributed by atoms with Crippen molar-refractivity contribution in [3.05, 3.63) is 47.5 Å². The van der Waals surface area contributed by atoms with Crippen molar-refractivity contribution in [2.45, 2.75) is 32.5 Å². The number of hydrogen-bond acceptors (Lipinski definition) is 7. The molecule has 1 fully saturated rings. The lowest BCUT2D eigenvalue weighted by Crippen LogP contribution is -2.52. The molecule has 1 saturated heterocycles. The maximum absolute atomic E-state index is 9.68. The van der Waals surface area contributed by atoms with E-state index in [4.69, 9.17) is 18.9 Å². The van der Waals surface area contributed by atoms with Crippen LogP contribution < -0.4 is 18.9 Å². The minimum Gasteiger partial charge on any atom is -0.497 e. The molecule has 0 saturated carbocycles. The Kier molecular flexibility index (Phi) is 9.02. The molecule has 2 aromatic rings. The maximum atomic E-state index is 9.68. The highest BCUT2D eigenvalue weighted by Gasteiger charge is 2.27. The van der Waals surface area contributed by atoms with Crippen molar-refractivity contribution in [2.75, 3.05) is 54.2 Å². The summed E-state index contributed by atoms with van der Waals surface area (Å²) in [5.74, 6) is 3.12. The van der Waals surface area contributed by atoms with Crippen LogP contribution in [0.4, 0.5) is 0 Å². The zero-order valence-electron chi connectivity index (χ0n) is 19.7. The Morgan fingerprint density at radius 3 is 2.25 bits per heavy atom. The fraction of sp³-hybridized carbons (Fsp3) is 0.520. The highest BCUT2D eigenvalue weighted by Crippen LogP contribution is 2.29. The van der Waals surface area contributed by atoms with E-state index in [0.717, 1.165) is 67.7 Å². The van der Waals surface area contributed by atoms with E-state index in [-0.39, 0.29) is 12.6 Å². The van der Waals surface area contributed by atoms with Crippen LogP contribution in [0.1, 0.15) is 24.5 Å². The molecule has 7 nitrogen and oxygen atoms in total. The van der Waals surface area contributed by atoms with Crippen LogP contribution in [-0.4, -0.2) is 75.1 Å². The van der Waals surface area contributed by atoms with Crippen molar-refractivity contribution in [2.24, 2.45) is 0 Å². The molecule has 0 bridgehead atoms. The molecule has 176 valence electrons. The number of ether oxygens (including phenoxy) is 4. The molecule has 3 rings (SSSR count). The van der Waals surface area contributed by atoms with E-state index in [1.165, 1.54) is 5.56 Å². The van der Waals surface area contributed by atoms with Gasteiger partial charge in [0.15, 0.2) is 11.5 Å². The van der Waals surface area contributed by atoms with Crippen molar-refractivity contribution in [3.63, 3.8) is 0 Å². The summed E-state index contributed by atoms with van der Waals surface area (Å²) in [7, 11) is 5.00. The monoisotopic (exact) mass is 444 g/mol. The van der Waals surface area contributed by atoms with E-state index in [0.29, 0.717) is 6.61 Å². The lowest BCUT2D eigenvalue weighted by molar-refractivity contribution is 0.0498. The predicted octanol–water partition coefficient (Wildman–Crippen LogP) is 3.18.